The van der Waals surface area contributed by atoms with Crippen LogP contribution >= 0.6 is 0 Å². The Hall–Kier alpha value is -2.75. The molecule has 2 unspecified atom stereocenters. The first-order chi connectivity index (χ1) is 13.5. The molecule has 0 spiro atoms. The lowest BCUT2D eigenvalue weighted by atomic mass is 10.1. The van der Waals surface area contributed by atoms with E-state index in [0.717, 1.165) is 12.8 Å². The molecule has 0 rings (SSSR count). The van der Waals surface area contributed by atoms with Crippen molar-refractivity contribution in [2.75, 3.05) is 13.1 Å². The smallest absolute Gasteiger partial charge is 0.326 e. The summed E-state index contributed by atoms with van der Waals surface area (Å²) >= 11 is 0. The SMILES string of the molecule is C=C=O.CC(=O)NCCCCC(NC(C)=O)C(=O)O.NCCCCC(N)C(=O)O. The molecule has 0 bridgehead atoms. The molecule has 0 aliphatic rings. The van der Waals surface area contributed by atoms with E-state index < -0.39 is 24.0 Å². The molecule has 0 radical (unpaired) electrons. The van der Waals surface area contributed by atoms with Gasteiger partial charge in [-0.15, -0.1) is 0 Å². The van der Waals surface area contributed by atoms with E-state index in [0.29, 0.717) is 38.8 Å². The molecular formula is C18H34N4O7. The van der Waals surface area contributed by atoms with Gasteiger partial charge in [0.2, 0.25) is 11.8 Å². The predicted octanol–water partition coefficient (Wildman–Crippen LogP) is -0.587. The van der Waals surface area contributed by atoms with Crippen molar-refractivity contribution in [1.29, 1.82) is 0 Å². The van der Waals surface area contributed by atoms with Crippen LogP contribution < -0.4 is 22.1 Å². The number of hydrogen-bond donors (Lipinski definition) is 6. The van der Waals surface area contributed by atoms with Crippen molar-refractivity contribution in [3.63, 3.8) is 0 Å². The van der Waals surface area contributed by atoms with Crippen molar-refractivity contribution < 1.29 is 34.2 Å². The summed E-state index contributed by atoms with van der Waals surface area (Å²) < 4.78 is 0. The summed E-state index contributed by atoms with van der Waals surface area (Å²) in [5, 5.41) is 22.1. The van der Waals surface area contributed by atoms with E-state index in [1.165, 1.54) is 19.8 Å². The van der Waals surface area contributed by atoms with Gasteiger partial charge in [0.05, 0.1) is 0 Å². The Balaban J connectivity index is -0.000000443. The van der Waals surface area contributed by atoms with Crippen molar-refractivity contribution in [2.24, 2.45) is 11.5 Å². The lowest BCUT2D eigenvalue weighted by Gasteiger charge is -2.12. The van der Waals surface area contributed by atoms with Gasteiger partial charge in [0, 0.05) is 20.4 Å². The minimum Gasteiger partial charge on any atom is -0.480 e. The van der Waals surface area contributed by atoms with Gasteiger partial charge in [-0.25, -0.2) is 9.59 Å². The standard InChI is InChI=1S/C10H18N2O4.C6H14N2O2.C2H2O/c1-7(13)11-6-4-3-5-9(10(15)16)12-8(2)14;7-4-2-1-3-5(8)6(9)10;1-2-3/h9H,3-6H2,1-2H3,(H,11,13)(H,12,14)(H,15,16);5H,1-4,7-8H2,(H,9,10);1H2. The first kappa shape index (κ1) is 31.0. The molecule has 0 aliphatic heterocycles. The van der Waals surface area contributed by atoms with Crippen LogP contribution in [0.3, 0.4) is 0 Å². The Morgan fingerprint density at radius 1 is 0.966 bits per heavy atom. The average molecular weight is 418 g/mol. The van der Waals surface area contributed by atoms with Gasteiger partial charge in [0.15, 0.2) is 0 Å². The Labute approximate surface area is 170 Å². The number of carboxylic acids is 2. The topological polar surface area (TPSA) is 202 Å². The fourth-order valence-corrected chi connectivity index (χ4v) is 1.87. The third kappa shape index (κ3) is 27.6. The van der Waals surface area contributed by atoms with Crippen LogP contribution in [-0.4, -0.2) is 65.1 Å². The van der Waals surface area contributed by atoms with Crippen molar-refractivity contribution in [3.05, 3.63) is 6.58 Å². The molecule has 0 aromatic rings. The molecule has 0 aliphatic carbocycles. The maximum atomic E-state index is 10.7. The second-order valence-corrected chi connectivity index (χ2v) is 5.94. The quantitative estimate of drug-likeness (QED) is 0.177. The molecule has 0 saturated heterocycles. The molecule has 0 aromatic heterocycles. The van der Waals surface area contributed by atoms with Crippen LogP contribution in [0.1, 0.15) is 52.4 Å². The minimum atomic E-state index is -1.03. The zero-order valence-electron chi connectivity index (χ0n) is 17.1. The molecule has 0 heterocycles. The van der Waals surface area contributed by atoms with Crippen LogP contribution in [-0.2, 0) is 24.0 Å². The Morgan fingerprint density at radius 3 is 1.86 bits per heavy atom. The molecule has 2 atom stereocenters. The van der Waals surface area contributed by atoms with Gasteiger partial charge in [0.25, 0.3) is 0 Å². The Bertz CT molecular complexity index is 520. The van der Waals surface area contributed by atoms with Gasteiger partial charge in [-0.1, -0.05) is 6.42 Å². The van der Waals surface area contributed by atoms with E-state index in [-0.39, 0.29) is 11.8 Å². The third-order valence-corrected chi connectivity index (χ3v) is 3.26. The summed E-state index contributed by atoms with van der Waals surface area (Å²) in [5.74, 6) is -1.17. The van der Waals surface area contributed by atoms with E-state index in [9.17, 15) is 19.2 Å². The predicted molar refractivity (Wildman–Crippen MR) is 108 cm³/mol. The lowest BCUT2D eigenvalue weighted by Crippen LogP contribution is -2.39. The van der Waals surface area contributed by atoms with E-state index >= 15 is 0 Å². The summed E-state index contributed by atoms with van der Waals surface area (Å²) in [6.45, 7) is 6.53. The van der Waals surface area contributed by atoms with Gasteiger partial charge in [-0.3, -0.25) is 14.4 Å². The normalized spacial score (nSPS) is 11.2. The van der Waals surface area contributed by atoms with Crippen LogP contribution in [0.2, 0.25) is 0 Å². The highest BCUT2D eigenvalue weighted by molar-refractivity contribution is 5.82. The Morgan fingerprint density at radius 2 is 1.48 bits per heavy atom. The van der Waals surface area contributed by atoms with Crippen LogP contribution in [0.25, 0.3) is 0 Å². The van der Waals surface area contributed by atoms with Crippen molar-refractivity contribution in [1.82, 2.24) is 10.6 Å². The molecule has 29 heavy (non-hydrogen) atoms. The molecule has 168 valence electrons. The van der Waals surface area contributed by atoms with E-state index in [4.69, 9.17) is 26.5 Å². The second-order valence-electron chi connectivity index (χ2n) is 5.94. The maximum absolute atomic E-state index is 10.7. The van der Waals surface area contributed by atoms with Gasteiger partial charge >= 0.3 is 11.9 Å². The molecular weight excluding hydrogens is 384 g/mol. The van der Waals surface area contributed by atoms with E-state index in [1.807, 2.05) is 0 Å². The number of amides is 2. The van der Waals surface area contributed by atoms with Gasteiger partial charge < -0.3 is 32.3 Å². The average Bonchev–Trinajstić information content (AvgIpc) is 2.61. The first-order valence-electron chi connectivity index (χ1n) is 9.10. The summed E-state index contributed by atoms with van der Waals surface area (Å²) in [5.41, 5.74) is 10.4. The highest BCUT2D eigenvalue weighted by Crippen LogP contribution is 2.01. The summed E-state index contributed by atoms with van der Waals surface area (Å²) in [7, 11) is 0. The zero-order chi connectivity index (χ0) is 23.2. The zero-order valence-corrected chi connectivity index (χ0v) is 17.1. The molecule has 0 saturated carbocycles. The number of hydrogen-bond acceptors (Lipinski definition) is 7. The second kappa shape index (κ2) is 21.5. The van der Waals surface area contributed by atoms with E-state index in [2.05, 4.69) is 17.2 Å². The molecule has 11 heteroatoms. The lowest BCUT2D eigenvalue weighted by molar-refractivity contribution is -0.141. The Kier molecular flexibility index (Phi) is 23.0. The van der Waals surface area contributed by atoms with E-state index in [1.54, 1.807) is 0 Å². The number of unbranched alkanes of at least 4 members (excludes halogenated alkanes) is 2. The monoisotopic (exact) mass is 418 g/mol. The largest absolute Gasteiger partial charge is 0.480 e. The number of carboxylic acid groups (broad SMARTS) is 2. The summed E-state index contributed by atoms with van der Waals surface area (Å²) in [6, 6.07) is -1.55. The molecule has 2 amide bonds. The first-order valence-corrected chi connectivity index (χ1v) is 9.10. The number of aliphatic carboxylic acids is 2. The maximum Gasteiger partial charge on any atom is 0.326 e. The number of rotatable bonds is 12. The summed E-state index contributed by atoms with van der Waals surface area (Å²) in [4.78, 5) is 50.7. The molecule has 11 nitrogen and oxygen atoms in total. The third-order valence-electron chi connectivity index (χ3n) is 3.26. The van der Waals surface area contributed by atoms with Gasteiger partial charge in [-0.05, 0) is 45.2 Å². The molecule has 0 fully saturated rings. The van der Waals surface area contributed by atoms with Crippen LogP contribution in [0.5, 0.6) is 0 Å². The van der Waals surface area contributed by atoms with Crippen molar-refractivity contribution >= 4 is 29.7 Å². The van der Waals surface area contributed by atoms with Crippen molar-refractivity contribution in [3.8, 4) is 0 Å². The van der Waals surface area contributed by atoms with Crippen LogP contribution in [0, 0.1) is 0 Å². The number of nitrogens with two attached hydrogens (primary N) is 2. The van der Waals surface area contributed by atoms with Crippen LogP contribution in [0.15, 0.2) is 6.58 Å². The number of carbonyl (C=O) groups is 4. The number of nitrogens with one attached hydrogen (secondary N) is 2. The highest BCUT2D eigenvalue weighted by Gasteiger charge is 2.17. The van der Waals surface area contributed by atoms with Gasteiger partial charge in [-0.2, -0.15) is 0 Å². The minimum absolute atomic E-state index is 0.100. The van der Waals surface area contributed by atoms with Crippen molar-refractivity contribution in [2.45, 2.75) is 64.5 Å². The molecule has 8 N–H and O–H groups in total. The van der Waals surface area contributed by atoms with Crippen LogP contribution in [0.4, 0.5) is 0 Å². The number of carbonyl (C=O) groups excluding carboxylic acids is 3. The summed E-state index contributed by atoms with van der Waals surface area (Å²) in [6.07, 6.45) is 3.87. The van der Waals surface area contributed by atoms with Gasteiger partial charge in [0.1, 0.15) is 18.0 Å². The fourth-order valence-electron chi connectivity index (χ4n) is 1.87. The molecule has 0 aromatic carbocycles. The highest BCUT2D eigenvalue weighted by atomic mass is 16.4. The fraction of sp³-hybridized carbons (Fsp3) is 0.667.